The van der Waals surface area contributed by atoms with Crippen molar-refractivity contribution in [2.75, 3.05) is 33.9 Å². The summed E-state index contributed by atoms with van der Waals surface area (Å²) in [6.45, 7) is 5.34. The van der Waals surface area contributed by atoms with Gasteiger partial charge in [-0.25, -0.2) is 4.98 Å². The Bertz CT molecular complexity index is 1860. The Morgan fingerprint density at radius 2 is 1.72 bits per heavy atom. The topological polar surface area (TPSA) is 118 Å². The lowest BCUT2D eigenvalue weighted by Crippen LogP contribution is -2.43. The monoisotopic (exact) mass is 716 g/mol. The van der Waals surface area contributed by atoms with Gasteiger partial charge in [0.15, 0.2) is 0 Å². The Morgan fingerprint density at radius 3 is 2.44 bits per heavy atom. The second-order valence-corrected chi connectivity index (χ2v) is 13.5. The van der Waals surface area contributed by atoms with Gasteiger partial charge in [0.2, 0.25) is 17.7 Å². The third-order valence-electron chi connectivity index (χ3n) is 9.33. The lowest BCUT2D eigenvalue weighted by atomic mass is 9.99. The summed E-state index contributed by atoms with van der Waals surface area (Å²) in [5.41, 5.74) is 6.37. The molecule has 3 N–H and O–H groups in total. The molecule has 0 bridgehead atoms. The van der Waals surface area contributed by atoms with E-state index in [1.807, 2.05) is 48.5 Å². The number of ether oxygens (including phenoxy) is 2. The van der Waals surface area contributed by atoms with E-state index in [0.29, 0.717) is 46.8 Å². The number of methoxy groups -OCH3 is 2. The molecule has 6 rings (SSSR count). The highest BCUT2D eigenvalue weighted by Gasteiger charge is 2.23. The van der Waals surface area contributed by atoms with Crippen LogP contribution in [0.3, 0.4) is 0 Å². The molecule has 12 heteroatoms. The fourth-order valence-electron chi connectivity index (χ4n) is 6.72. The van der Waals surface area contributed by atoms with Gasteiger partial charge in [0.25, 0.3) is 0 Å². The summed E-state index contributed by atoms with van der Waals surface area (Å²) in [6.07, 6.45) is 4.99. The minimum atomic E-state index is 0.0214. The quantitative estimate of drug-likeness (QED) is 0.157. The molecule has 262 valence electrons. The van der Waals surface area contributed by atoms with E-state index in [4.69, 9.17) is 37.7 Å². The molecule has 2 saturated heterocycles. The molecule has 2 fully saturated rings. The van der Waals surface area contributed by atoms with E-state index in [2.05, 4.69) is 31.9 Å². The number of carbonyl (C=O) groups is 2. The summed E-state index contributed by atoms with van der Waals surface area (Å²) in [7, 11) is 3.27. The van der Waals surface area contributed by atoms with Gasteiger partial charge in [-0.15, -0.1) is 0 Å². The summed E-state index contributed by atoms with van der Waals surface area (Å²) in [4.78, 5) is 34.8. The number of nitrogens with one attached hydrogen (secondary N) is 3. The van der Waals surface area contributed by atoms with Crippen LogP contribution >= 0.6 is 23.2 Å². The van der Waals surface area contributed by atoms with Gasteiger partial charge in [-0.1, -0.05) is 59.6 Å². The molecule has 0 saturated carbocycles. The van der Waals surface area contributed by atoms with Gasteiger partial charge in [0, 0.05) is 97.7 Å². The highest BCUT2D eigenvalue weighted by atomic mass is 35.5. The van der Waals surface area contributed by atoms with Crippen LogP contribution in [0.25, 0.3) is 33.6 Å². The molecular formula is C38H42Cl2N6O4. The van der Waals surface area contributed by atoms with Crippen molar-refractivity contribution in [3.05, 3.63) is 82.0 Å². The van der Waals surface area contributed by atoms with E-state index in [-0.39, 0.29) is 23.9 Å². The van der Waals surface area contributed by atoms with Crippen LogP contribution < -0.4 is 25.4 Å². The fourth-order valence-corrected chi connectivity index (χ4v) is 7.37. The first-order chi connectivity index (χ1) is 24.2. The molecule has 0 spiro atoms. The standard InChI is InChI=1S/C38H42Cl2N6O4/c1-23(47)43-27-14-17-46(18-15-27)22-26-8-7-24(19-33(26)49-2)37-36(40)30(13-16-42-37)29-5-4-6-31(35(29)39)32-11-9-25(38(45-32)50-3)20-41-21-28-10-12-34(48)44-28/h4-9,11,13,16,19,27-28,41H,10,12,14-15,17-18,20-22H2,1-3H3,(H,43,47)(H,44,48)/t28-/m1/s1. The van der Waals surface area contributed by atoms with Crippen molar-refractivity contribution < 1.29 is 19.1 Å². The summed E-state index contributed by atoms with van der Waals surface area (Å²) >= 11 is 14.2. The fraction of sp³-hybridized carbons (Fsp3) is 0.368. The number of aromatic nitrogens is 2. The number of benzene rings is 2. The summed E-state index contributed by atoms with van der Waals surface area (Å²) < 4.78 is 11.5. The Labute approximate surface area is 302 Å². The van der Waals surface area contributed by atoms with E-state index in [9.17, 15) is 9.59 Å². The Morgan fingerprint density at radius 1 is 0.960 bits per heavy atom. The maximum absolute atomic E-state index is 11.5. The van der Waals surface area contributed by atoms with Crippen molar-refractivity contribution in [1.29, 1.82) is 0 Å². The van der Waals surface area contributed by atoms with Crippen molar-refractivity contribution in [2.24, 2.45) is 0 Å². The number of piperidine rings is 1. The SMILES string of the molecule is COc1cc(-c2nccc(-c3cccc(-c4ccc(CNC[C@H]5CCC(=O)N5)c(OC)n4)c3Cl)c2Cl)ccc1CN1CCC(NC(C)=O)CC1. The molecule has 0 radical (unpaired) electrons. The van der Waals surface area contributed by atoms with Gasteiger partial charge in [0.05, 0.1) is 35.7 Å². The number of amides is 2. The largest absolute Gasteiger partial charge is 0.496 e. The third-order valence-corrected chi connectivity index (χ3v) is 10.1. The first kappa shape index (κ1) is 35.6. The average molecular weight is 718 g/mol. The van der Waals surface area contributed by atoms with E-state index in [0.717, 1.165) is 78.0 Å². The van der Waals surface area contributed by atoms with Gasteiger partial charge < -0.3 is 25.4 Å². The lowest BCUT2D eigenvalue weighted by Gasteiger charge is -2.32. The van der Waals surface area contributed by atoms with Gasteiger partial charge in [0.1, 0.15) is 5.75 Å². The maximum Gasteiger partial charge on any atom is 0.220 e. The maximum atomic E-state index is 11.5. The van der Waals surface area contributed by atoms with Crippen molar-refractivity contribution in [2.45, 2.75) is 57.8 Å². The molecule has 4 aromatic rings. The van der Waals surface area contributed by atoms with Gasteiger partial charge in [-0.05, 0) is 37.5 Å². The number of halogens is 2. The number of rotatable bonds is 12. The number of nitrogens with zero attached hydrogens (tertiary/aromatic N) is 3. The Hall–Kier alpha value is -4.22. The molecule has 2 aromatic carbocycles. The second kappa shape index (κ2) is 16.2. The molecule has 0 aliphatic carbocycles. The van der Waals surface area contributed by atoms with E-state index >= 15 is 0 Å². The molecule has 2 aromatic heterocycles. The van der Waals surface area contributed by atoms with Crippen LogP contribution in [0.4, 0.5) is 0 Å². The number of pyridine rings is 2. The predicted molar refractivity (Wildman–Crippen MR) is 196 cm³/mol. The molecule has 2 amide bonds. The number of hydrogen-bond acceptors (Lipinski definition) is 8. The van der Waals surface area contributed by atoms with E-state index in [1.54, 1.807) is 27.3 Å². The van der Waals surface area contributed by atoms with Gasteiger partial charge in [-0.3, -0.25) is 19.5 Å². The van der Waals surface area contributed by atoms with Crippen LogP contribution in [0.2, 0.25) is 10.0 Å². The Kier molecular flexibility index (Phi) is 11.5. The van der Waals surface area contributed by atoms with Crippen molar-refractivity contribution in [3.8, 4) is 45.3 Å². The van der Waals surface area contributed by atoms with Crippen LogP contribution in [0.5, 0.6) is 11.6 Å². The summed E-state index contributed by atoms with van der Waals surface area (Å²) in [6, 6.07) is 18.0. The highest BCUT2D eigenvalue weighted by molar-refractivity contribution is 6.39. The minimum Gasteiger partial charge on any atom is -0.496 e. The summed E-state index contributed by atoms with van der Waals surface area (Å²) in [5, 5.41) is 10.4. The van der Waals surface area contributed by atoms with Crippen LogP contribution in [0.1, 0.15) is 43.7 Å². The van der Waals surface area contributed by atoms with E-state index < -0.39 is 0 Å². The van der Waals surface area contributed by atoms with Gasteiger partial charge in [-0.2, -0.15) is 0 Å². The van der Waals surface area contributed by atoms with Gasteiger partial charge >= 0.3 is 0 Å². The molecule has 2 aliphatic heterocycles. The molecule has 50 heavy (non-hydrogen) atoms. The van der Waals surface area contributed by atoms with E-state index in [1.165, 1.54) is 0 Å². The zero-order valence-corrected chi connectivity index (χ0v) is 30.0. The highest BCUT2D eigenvalue weighted by Crippen LogP contribution is 2.42. The molecular weight excluding hydrogens is 675 g/mol. The number of hydrogen-bond donors (Lipinski definition) is 3. The first-order valence-corrected chi connectivity index (χ1v) is 17.6. The van der Waals surface area contributed by atoms with Crippen molar-refractivity contribution in [1.82, 2.24) is 30.8 Å². The second-order valence-electron chi connectivity index (χ2n) is 12.8. The zero-order valence-electron chi connectivity index (χ0n) is 28.5. The smallest absolute Gasteiger partial charge is 0.220 e. The van der Waals surface area contributed by atoms with Crippen LogP contribution in [0, 0.1) is 0 Å². The molecule has 1 atom stereocenters. The van der Waals surface area contributed by atoms with Crippen LogP contribution in [-0.2, 0) is 22.7 Å². The van der Waals surface area contributed by atoms with Crippen molar-refractivity contribution >= 4 is 35.0 Å². The predicted octanol–water partition coefficient (Wildman–Crippen LogP) is 6.27. The molecule has 4 heterocycles. The van der Waals surface area contributed by atoms with Crippen LogP contribution in [-0.4, -0.2) is 72.6 Å². The molecule has 10 nitrogen and oxygen atoms in total. The Balaban J connectivity index is 1.20. The minimum absolute atomic E-state index is 0.0214. The lowest BCUT2D eigenvalue weighted by molar-refractivity contribution is -0.120. The third kappa shape index (κ3) is 8.21. The molecule has 0 unspecified atom stereocenters. The summed E-state index contributed by atoms with van der Waals surface area (Å²) in [5.74, 6) is 1.39. The first-order valence-electron chi connectivity index (χ1n) is 16.9. The number of carbonyl (C=O) groups excluding carboxylic acids is 2. The van der Waals surface area contributed by atoms with Crippen molar-refractivity contribution in [3.63, 3.8) is 0 Å². The van der Waals surface area contributed by atoms with Crippen LogP contribution in [0.15, 0.2) is 60.8 Å². The normalized spacial score (nSPS) is 16.7. The zero-order chi connectivity index (χ0) is 35.2. The average Bonchev–Trinajstić information content (AvgIpc) is 3.54. The number of likely N-dealkylation sites (tertiary alicyclic amines) is 1. The molecule has 2 aliphatic rings.